The Morgan fingerprint density at radius 2 is 1.90 bits per heavy atom. The Bertz CT molecular complexity index is 716. The van der Waals surface area contributed by atoms with E-state index in [0.29, 0.717) is 5.39 Å². The van der Waals surface area contributed by atoms with Crippen molar-refractivity contribution < 1.29 is 27.5 Å². The molecule has 0 bridgehead atoms. The maximum atomic E-state index is 12.7. The molecule has 0 aliphatic carbocycles. The minimum absolute atomic E-state index is 0.0113. The predicted octanol–water partition coefficient (Wildman–Crippen LogP) is 2.94. The van der Waals surface area contributed by atoms with Gasteiger partial charge < -0.3 is 9.30 Å². The molecule has 0 spiro atoms. The number of benzene rings is 1. The molecule has 112 valence electrons. The van der Waals surface area contributed by atoms with Crippen LogP contribution in [0, 0.1) is 0 Å². The molecule has 0 fully saturated rings. The Morgan fingerprint density at radius 3 is 2.48 bits per heavy atom. The van der Waals surface area contributed by atoms with Gasteiger partial charge in [0.2, 0.25) is 0 Å². The summed E-state index contributed by atoms with van der Waals surface area (Å²) in [5.74, 6) is -1.91. The van der Waals surface area contributed by atoms with E-state index in [1.807, 2.05) is 0 Å². The number of hydrogen-bond acceptors (Lipinski definition) is 3. The van der Waals surface area contributed by atoms with Gasteiger partial charge in [0.25, 0.3) is 5.78 Å². The number of Topliss-reactive ketones (excluding diaryl/α,β-unsaturated/α-hetero) is 1. The lowest BCUT2D eigenvalue weighted by Gasteiger charge is -2.07. The smallest absolute Gasteiger partial charge is 0.416 e. The van der Waals surface area contributed by atoms with Crippen molar-refractivity contribution in [3.05, 3.63) is 35.5 Å². The molecular formula is C14H12F3NO3. The van der Waals surface area contributed by atoms with Crippen LogP contribution < -0.4 is 0 Å². The van der Waals surface area contributed by atoms with Gasteiger partial charge >= 0.3 is 12.1 Å². The molecule has 1 aromatic heterocycles. The highest BCUT2D eigenvalue weighted by atomic mass is 19.4. The molecule has 0 radical (unpaired) electrons. The fourth-order valence-electron chi connectivity index (χ4n) is 2.03. The number of hydrogen-bond donors (Lipinski definition) is 0. The SMILES string of the molecule is CCOC(=O)C(=O)c1cc2ccc(C(F)(F)F)cc2n1C. The van der Waals surface area contributed by atoms with Crippen molar-refractivity contribution in [1.29, 1.82) is 0 Å². The zero-order chi connectivity index (χ0) is 15.8. The van der Waals surface area contributed by atoms with Gasteiger partial charge in [-0.1, -0.05) is 6.07 Å². The first-order valence-electron chi connectivity index (χ1n) is 6.13. The number of aryl methyl sites for hydroxylation is 1. The maximum absolute atomic E-state index is 12.7. The van der Waals surface area contributed by atoms with E-state index >= 15 is 0 Å². The van der Waals surface area contributed by atoms with Crippen LogP contribution in [0.5, 0.6) is 0 Å². The number of rotatable bonds is 3. The first kappa shape index (κ1) is 15.1. The molecule has 2 rings (SSSR count). The lowest BCUT2D eigenvalue weighted by Crippen LogP contribution is -2.19. The predicted molar refractivity (Wildman–Crippen MR) is 68.9 cm³/mol. The molecule has 0 saturated carbocycles. The van der Waals surface area contributed by atoms with Crippen LogP contribution in [0.1, 0.15) is 23.0 Å². The summed E-state index contributed by atoms with van der Waals surface area (Å²) in [7, 11) is 1.43. The Labute approximate surface area is 118 Å². The monoisotopic (exact) mass is 299 g/mol. The van der Waals surface area contributed by atoms with Crippen molar-refractivity contribution in [2.45, 2.75) is 13.1 Å². The van der Waals surface area contributed by atoms with Gasteiger partial charge in [-0.3, -0.25) is 4.79 Å². The molecule has 2 aromatic rings. The molecule has 1 aromatic carbocycles. The normalized spacial score (nSPS) is 11.7. The average Bonchev–Trinajstić information content (AvgIpc) is 2.74. The second-order valence-corrected chi connectivity index (χ2v) is 4.41. The Kier molecular flexibility index (Phi) is 3.76. The number of alkyl halides is 3. The molecular weight excluding hydrogens is 287 g/mol. The molecule has 1 heterocycles. The summed E-state index contributed by atoms with van der Waals surface area (Å²) in [6.45, 7) is 1.61. The molecule has 0 aliphatic heterocycles. The number of aromatic nitrogens is 1. The van der Waals surface area contributed by atoms with E-state index in [4.69, 9.17) is 0 Å². The van der Waals surface area contributed by atoms with Gasteiger partial charge in [-0.15, -0.1) is 0 Å². The van der Waals surface area contributed by atoms with E-state index in [-0.39, 0.29) is 17.8 Å². The van der Waals surface area contributed by atoms with Gasteiger partial charge in [0.05, 0.1) is 17.9 Å². The standard InChI is InChI=1S/C14H12F3NO3/c1-3-21-13(20)12(19)11-6-8-4-5-9(14(15,16)17)7-10(8)18(11)2/h4-7H,3H2,1-2H3. The number of halogens is 3. The van der Waals surface area contributed by atoms with Gasteiger partial charge in [0, 0.05) is 18.0 Å². The summed E-state index contributed by atoms with van der Waals surface area (Å²) in [6.07, 6.45) is -4.47. The molecule has 0 saturated heterocycles. The van der Waals surface area contributed by atoms with Crippen molar-refractivity contribution in [3.63, 3.8) is 0 Å². The van der Waals surface area contributed by atoms with Gasteiger partial charge in [0.1, 0.15) is 0 Å². The zero-order valence-corrected chi connectivity index (χ0v) is 11.3. The van der Waals surface area contributed by atoms with Crippen LogP contribution in [-0.4, -0.2) is 22.9 Å². The zero-order valence-electron chi connectivity index (χ0n) is 11.3. The minimum atomic E-state index is -4.47. The summed E-state index contributed by atoms with van der Waals surface area (Å²) < 4.78 is 43.9. The van der Waals surface area contributed by atoms with Crippen molar-refractivity contribution >= 4 is 22.7 Å². The largest absolute Gasteiger partial charge is 0.460 e. The van der Waals surface area contributed by atoms with E-state index in [2.05, 4.69) is 4.74 Å². The number of carbonyl (C=O) groups is 2. The van der Waals surface area contributed by atoms with Crippen LogP contribution >= 0.6 is 0 Å². The number of fused-ring (bicyclic) bond motifs is 1. The summed E-state index contributed by atoms with van der Waals surface area (Å²) in [5, 5.41) is 0.443. The molecule has 0 unspecified atom stereocenters. The first-order chi connectivity index (χ1) is 9.75. The maximum Gasteiger partial charge on any atom is 0.416 e. The third-order valence-electron chi connectivity index (χ3n) is 3.07. The van der Waals surface area contributed by atoms with Crippen LogP contribution in [-0.2, 0) is 22.8 Å². The van der Waals surface area contributed by atoms with Crippen LogP contribution in [0.2, 0.25) is 0 Å². The third kappa shape index (κ3) is 2.76. The molecule has 0 aliphatic rings. The topological polar surface area (TPSA) is 48.3 Å². The summed E-state index contributed by atoms with van der Waals surface area (Å²) in [6, 6.07) is 4.51. The highest BCUT2D eigenvalue weighted by Crippen LogP contribution is 2.32. The van der Waals surface area contributed by atoms with Gasteiger partial charge in [-0.05, 0) is 25.1 Å². The second-order valence-electron chi connectivity index (χ2n) is 4.41. The molecule has 0 N–H and O–H groups in total. The van der Waals surface area contributed by atoms with Crippen molar-refractivity contribution in [3.8, 4) is 0 Å². The average molecular weight is 299 g/mol. The summed E-state index contributed by atoms with van der Waals surface area (Å²) >= 11 is 0. The summed E-state index contributed by atoms with van der Waals surface area (Å²) in [5.41, 5.74) is -0.605. The van der Waals surface area contributed by atoms with Crippen LogP contribution in [0.4, 0.5) is 13.2 Å². The van der Waals surface area contributed by atoms with E-state index < -0.39 is 23.5 Å². The molecule has 7 heteroatoms. The number of ether oxygens (including phenoxy) is 1. The van der Waals surface area contributed by atoms with E-state index in [1.165, 1.54) is 23.7 Å². The Morgan fingerprint density at radius 1 is 1.24 bits per heavy atom. The fourth-order valence-corrected chi connectivity index (χ4v) is 2.03. The Hall–Kier alpha value is -2.31. The van der Waals surface area contributed by atoms with Crippen LogP contribution in [0.15, 0.2) is 24.3 Å². The van der Waals surface area contributed by atoms with Crippen LogP contribution in [0.25, 0.3) is 10.9 Å². The highest BCUT2D eigenvalue weighted by Gasteiger charge is 2.31. The van der Waals surface area contributed by atoms with Crippen molar-refractivity contribution in [2.24, 2.45) is 7.05 Å². The van der Waals surface area contributed by atoms with Gasteiger partial charge in [-0.25, -0.2) is 4.79 Å². The third-order valence-corrected chi connectivity index (χ3v) is 3.07. The first-order valence-corrected chi connectivity index (χ1v) is 6.13. The van der Waals surface area contributed by atoms with Crippen molar-refractivity contribution in [1.82, 2.24) is 4.57 Å². The number of ketones is 1. The van der Waals surface area contributed by atoms with Crippen molar-refractivity contribution in [2.75, 3.05) is 6.61 Å². The van der Waals surface area contributed by atoms with Gasteiger partial charge in [0.15, 0.2) is 0 Å². The number of nitrogens with zero attached hydrogens (tertiary/aromatic N) is 1. The van der Waals surface area contributed by atoms with E-state index in [9.17, 15) is 22.8 Å². The lowest BCUT2D eigenvalue weighted by molar-refractivity contribution is -0.138. The number of esters is 1. The van der Waals surface area contributed by atoms with Gasteiger partial charge in [-0.2, -0.15) is 13.2 Å². The highest BCUT2D eigenvalue weighted by molar-refractivity contribution is 6.40. The molecule has 0 atom stereocenters. The molecule has 21 heavy (non-hydrogen) atoms. The molecule has 4 nitrogen and oxygen atoms in total. The fraction of sp³-hybridized carbons (Fsp3) is 0.286. The minimum Gasteiger partial charge on any atom is -0.460 e. The van der Waals surface area contributed by atoms with E-state index in [0.717, 1.165) is 12.1 Å². The molecule has 0 amide bonds. The number of carbonyl (C=O) groups excluding carboxylic acids is 2. The quantitative estimate of drug-likeness (QED) is 0.497. The van der Waals surface area contributed by atoms with Crippen LogP contribution in [0.3, 0.4) is 0 Å². The second kappa shape index (κ2) is 5.23. The summed E-state index contributed by atoms with van der Waals surface area (Å²) in [4.78, 5) is 23.3. The van der Waals surface area contributed by atoms with E-state index in [1.54, 1.807) is 6.92 Å². The lowest BCUT2D eigenvalue weighted by atomic mass is 10.1. The Balaban J connectivity index is 2.51.